The summed E-state index contributed by atoms with van der Waals surface area (Å²) in [5.74, 6) is 1.35. The second-order valence-electron chi connectivity index (χ2n) is 4.42. The SMILES string of the molecule is CCC(C)CC(N)Cc1ccc(OC)nc1. The van der Waals surface area contributed by atoms with Gasteiger partial charge in [-0.2, -0.15) is 0 Å². The lowest BCUT2D eigenvalue weighted by atomic mass is 9.96. The fourth-order valence-electron chi connectivity index (χ4n) is 1.72. The zero-order chi connectivity index (χ0) is 12.0. The van der Waals surface area contributed by atoms with Crippen LogP contribution in [0.3, 0.4) is 0 Å². The summed E-state index contributed by atoms with van der Waals surface area (Å²) in [5, 5.41) is 0. The Balaban J connectivity index is 2.46. The largest absolute Gasteiger partial charge is 0.481 e. The summed E-state index contributed by atoms with van der Waals surface area (Å²) in [6, 6.07) is 4.14. The lowest BCUT2D eigenvalue weighted by Crippen LogP contribution is -2.25. The van der Waals surface area contributed by atoms with Gasteiger partial charge in [0.1, 0.15) is 0 Å². The standard InChI is InChI=1S/C13H22N2O/c1-4-10(2)7-12(14)8-11-5-6-13(16-3)15-9-11/h5-6,9-10,12H,4,7-8,14H2,1-3H3. The number of nitrogens with zero attached hydrogens (tertiary/aromatic N) is 1. The van der Waals surface area contributed by atoms with Gasteiger partial charge in [-0.3, -0.25) is 0 Å². The van der Waals surface area contributed by atoms with Crippen molar-refractivity contribution in [3.63, 3.8) is 0 Å². The molecule has 1 rings (SSSR count). The van der Waals surface area contributed by atoms with Crippen LogP contribution >= 0.6 is 0 Å². The predicted molar refractivity (Wildman–Crippen MR) is 66.5 cm³/mol. The van der Waals surface area contributed by atoms with Crippen LogP contribution in [-0.2, 0) is 6.42 Å². The van der Waals surface area contributed by atoms with Gasteiger partial charge in [0.25, 0.3) is 0 Å². The summed E-state index contributed by atoms with van der Waals surface area (Å²) in [5.41, 5.74) is 7.27. The number of hydrogen-bond acceptors (Lipinski definition) is 3. The lowest BCUT2D eigenvalue weighted by molar-refractivity contribution is 0.397. The smallest absolute Gasteiger partial charge is 0.212 e. The third-order valence-electron chi connectivity index (χ3n) is 2.91. The maximum absolute atomic E-state index is 6.09. The van der Waals surface area contributed by atoms with E-state index < -0.39 is 0 Å². The Morgan fingerprint density at radius 1 is 1.44 bits per heavy atom. The first-order chi connectivity index (χ1) is 7.65. The fraction of sp³-hybridized carbons (Fsp3) is 0.615. The van der Waals surface area contributed by atoms with Gasteiger partial charge in [0.15, 0.2) is 0 Å². The Hall–Kier alpha value is -1.09. The molecule has 16 heavy (non-hydrogen) atoms. The van der Waals surface area contributed by atoms with Crippen molar-refractivity contribution in [2.75, 3.05) is 7.11 Å². The van der Waals surface area contributed by atoms with Crippen molar-refractivity contribution in [3.8, 4) is 5.88 Å². The number of methoxy groups -OCH3 is 1. The zero-order valence-corrected chi connectivity index (χ0v) is 10.4. The molecule has 0 radical (unpaired) electrons. The molecule has 1 heterocycles. The first-order valence-corrected chi connectivity index (χ1v) is 5.90. The molecule has 0 fully saturated rings. The minimum Gasteiger partial charge on any atom is -0.481 e. The molecule has 0 saturated carbocycles. The van der Waals surface area contributed by atoms with Gasteiger partial charge in [-0.05, 0) is 24.3 Å². The summed E-state index contributed by atoms with van der Waals surface area (Å²) in [7, 11) is 1.62. The molecule has 0 aliphatic heterocycles. The number of pyridine rings is 1. The number of aromatic nitrogens is 1. The normalized spacial score (nSPS) is 14.5. The Labute approximate surface area is 98.0 Å². The molecular formula is C13H22N2O. The van der Waals surface area contributed by atoms with Gasteiger partial charge in [0.2, 0.25) is 5.88 Å². The maximum Gasteiger partial charge on any atom is 0.212 e. The first-order valence-electron chi connectivity index (χ1n) is 5.90. The zero-order valence-electron chi connectivity index (χ0n) is 10.4. The third kappa shape index (κ3) is 4.19. The van der Waals surface area contributed by atoms with E-state index in [2.05, 4.69) is 18.8 Å². The molecule has 2 unspecified atom stereocenters. The fourth-order valence-corrected chi connectivity index (χ4v) is 1.72. The molecule has 0 spiro atoms. The molecule has 0 saturated heterocycles. The van der Waals surface area contributed by atoms with E-state index in [-0.39, 0.29) is 6.04 Å². The number of nitrogens with two attached hydrogens (primary N) is 1. The Bertz CT molecular complexity index is 297. The highest BCUT2D eigenvalue weighted by Gasteiger charge is 2.08. The highest BCUT2D eigenvalue weighted by Crippen LogP contribution is 2.13. The Morgan fingerprint density at radius 2 is 2.19 bits per heavy atom. The minimum atomic E-state index is 0.227. The van der Waals surface area contributed by atoms with Crippen LogP contribution in [0.4, 0.5) is 0 Å². The molecule has 1 aromatic rings. The number of rotatable bonds is 6. The van der Waals surface area contributed by atoms with Gasteiger partial charge in [0.05, 0.1) is 7.11 Å². The summed E-state index contributed by atoms with van der Waals surface area (Å²) < 4.78 is 5.01. The van der Waals surface area contributed by atoms with Crippen LogP contribution < -0.4 is 10.5 Å². The molecule has 90 valence electrons. The van der Waals surface area contributed by atoms with Crippen molar-refractivity contribution >= 4 is 0 Å². The van der Waals surface area contributed by atoms with Gasteiger partial charge in [-0.15, -0.1) is 0 Å². The van der Waals surface area contributed by atoms with Crippen molar-refractivity contribution in [1.29, 1.82) is 0 Å². The minimum absolute atomic E-state index is 0.227. The molecule has 3 heteroatoms. The summed E-state index contributed by atoms with van der Waals surface area (Å²) in [6.45, 7) is 4.44. The molecule has 0 aromatic carbocycles. The van der Waals surface area contributed by atoms with Crippen LogP contribution in [0.5, 0.6) is 5.88 Å². The lowest BCUT2D eigenvalue weighted by Gasteiger charge is -2.15. The van der Waals surface area contributed by atoms with E-state index >= 15 is 0 Å². The van der Waals surface area contributed by atoms with E-state index in [1.807, 2.05) is 18.3 Å². The third-order valence-corrected chi connectivity index (χ3v) is 2.91. The molecule has 1 aromatic heterocycles. The van der Waals surface area contributed by atoms with E-state index in [0.29, 0.717) is 11.8 Å². The van der Waals surface area contributed by atoms with Gasteiger partial charge in [0, 0.05) is 18.3 Å². The molecule has 0 bridgehead atoms. The van der Waals surface area contributed by atoms with Crippen molar-refractivity contribution in [1.82, 2.24) is 4.98 Å². The Morgan fingerprint density at radius 3 is 2.69 bits per heavy atom. The molecule has 2 atom stereocenters. The molecule has 0 aliphatic carbocycles. The van der Waals surface area contributed by atoms with Gasteiger partial charge >= 0.3 is 0 Å². The van der Waals surface area contributed by atoms with Crippen molar-refractivity contribution in [2.24, 2.45) is 11.7 Å². The van der Waals surface area contributed by atoms with Gasteiger partial charge in [-0.25, -0.2) is 4.98 Å². The monoisotopic (exact) mass is 222 g/mol. The first kappa shape index (κ1) is 13.0. The summed E-state index contributed by atoms with van der Waals surface area (Å²) >= 11 is 0. The van der Waals surface area contributed by atoms with Crippen LogP contribution in [0.15, 0.2) is 18.3 Å². The average Bonchev–Trinajstić information content (AvgIpc) is 2.29. The van der Waals surface area contributed by atoms with E-state index in [1.54, 1.807) is 7.11 Å². The number of ether oxygens (including phenoxy) is 1. The van der Waals surface area contributed by atoms with Crippen LogP contribution in [0.2, 0.25) is 0 Å². The molecule has 0 aliphatic rings. The molecule has 2 N–H and O–H groups in total. The number of hydrogen-bond donors (Lipinski definition) is 1. The van der Waals surface area contributed by atoms with Gasteiger partial charge < -0.3 is 10.5 Å². The molecule has 0 amide bonds. The van der Waals surface area contributed by atoms with Crippen molar-refractivity contribution in [2.45, 2.75) is 39.2 Å². The van der Waals surface area contributed by atoms with Crippen LogP contribution in [0.25, 0.3) is 0 Å². The van der Waals surface area contributed by atoms with E-state index in [0.717, 1.165) is 12.8 Å². The second-order valence-corrected chi connectivity index (χ2v) is 4.42. The Kier molecular flexibility index (Phi) is 5.26. The van der Waals surface area contributed by atoms with Crippen LogP contribution in [-0.4, -0.2) is 18.1 Å². The average molecular weight is 222 g/mol. The second kappa shape index (κ2) is 6.48. The van der Waals surface area contributed by atoms with Crippen LogP contribution in [0, 0.1) is 5.92 Å². The topological polar surface area (TPSA) is 48.1 Å². The van der Waals surface area contributed by atoms with E-state index in [4.69, 9.17) is 10.5 Å². The van der Waals surface area contributed by atoms with Crippen molar-refractivity contribution < 1.29 is 4.74 Å². The predicted octanol–water partition coefficient (Wildman–Crippen LogP) is 2.40. The van der Waals surface area contributed by atoms with Crippen LogP contribution in [0.1, 0.15) is 32.3 Å². The quantitative estimate of drug-likeness (QED) is 0.804. The maximum atomic E-state index is 6.09. The molecular weight excluding hydrogens is 200 g/mol. The molecule has 3 nitrogen and oxygen atoms in total. The summed E-state index contributed by atoms with van der Waals surface area (Å²) in [6.07, 6.45) is 4.99. The summed E-state index contributed by atoms with van der Waals surface area (Å²) in [4.78, 5) is 4.17. The van der Waals surface area contributed by atoms with Gasteiger partial charge in [-0.1, -0.05) is 26.3 Å². The van der Waals surface area contributed by atoms with E-state index in [1.165, 1.54) is 12.0 Å². The van der Waals surface area contributed by atoms with E-state index in [9.17, 15) is 0 Å². The highest BCUT2D eigenvalue weighted by molar-refractivity contribution is 5.18. The van der Waals surface area contributed by atoms with Crippen molar-refractivity contribution in [3.05, 3.63) is 23.9 Å². The highest BCUT2D eigenvalue weighted by atomic mass is 16.5.